The molecule has 0 aliphatic carbocycles. The van der Waals surface area contributed by atoms with Crippen LogP contribution in [0.5, 0.6) is 0 Å². The van der Waals surface area contributed by atoms with Gasteiger partial charge in [0.15, 0.2) is 11.6 Å². The van der Waals surface area contributed by atoms with Gasteiger partial charge in [0, 0.05) is 29.6 Å². The van der Waals surface area contributed by atoms with Crippen LogP contribution in [0.3, 0.4) is 0 Å². The van der Waals surface area contributed by atoms with Gasteiger partial charge < -0.3 is 15.2 Å². The van der Waals surface area contributed by atoms with Crippen molar-refractivity contribution < 1.29 is 4.52 Å². The standard InChI is InChI=1S/C12H10N4O/c13-11-7-10(17-16-11)8-3-1-2-4-9(8)12-14-5-6-15-12/h1-7H,(H2,13,16)(H,14,15). The van der Waals surface area contributed by atoms with Crippen LogP contribution in [-0.2, 0) is 0 Å². The number of H-pyrrole nitrogens is 1. The van der Waals surface area contributed by atoms with Crippen LogP contribution in [0.2, 0.25) is 0 Å². The maximum absolute atomic E-state index is 5.56. The van der Waals surface area contributed by atoms with Crippen molar-refractivity contribution in [3.8, 4) is 22.7 Å². The van der Waals surface area contributed by atoms with Crippen molar-refractivity contribution >= 4 is 5.82 Å². The molecule has 0 saturated carbocycles. The Morgan fingerprint density at radius 2 is 2.00 bits per heavy atom. The summed E-state index contributed by atoms with van der Waals surface area (Å²) in [6, 6.07) is 9.48. The van der Waals surface area contributed by atoms with Crippen LogP contribution in [0.15, 0.2) is 47.2 Å². The van der Waals surface area contributed by atoms with E-state index in [9.17, 15) is 0 Å². The lowest BCUT2D eigenvalue weighted by atomic mass is 10.0. The van der Waals surface area contributed by atoms with Gasteiger partial charge in [-0.05, 0) is 0 Å². The zero-order valence-electron chi connectivity index (χ0n) is 8.92. The zero-order chi connectivity index (χ0) is 11.7. The Morgan fingerprint density at radius 1 is 1.18 bits per heavy atom. The number of anilines is 1. The molecule has 0 spiro atoms. The number of nitrogens with zero attached hydrogens (tertiary/aromatic N) is 2. The average Bonchev–Trinajstić information content (AvgIpc) is 3.00. The van der Waals surface area contributed by atoms with Gasteiger partial charge in [-0.25, -0.2) is 4.98 Å². The van der Waals surface area contributed by atoms with Crippen LogP contribution in [0, 0.1) is 0 Å². The Morgan fingerprint density at radius 3 is 2.65 bits per heavy atom. The Labute approximate surface area is 97.3 Å². The maximum Gasteiger partial charge on any atom is 0.169 e. The molecule has 1 aromatic carbocycles. The lowest BCUT2D eigenvalue weighted by molar-refractivity contribution is 0.436. The van der Waals surface area contributed by atoms with Crippen molar-refractivity contribution in [2.75, 3.05) is 5.73 Å². The number of rotatable bonds is 2. The predicted octanol–water partition coefficient (Wildman–Crippen LogP) is 2.31. The fraction of sp³-hybridized carbons (Fsp3) is 0. The maximum atomic E-state index is 5.56. The van der Waals surface area contributed by atoms with Crippen LogP contribution >= 0.6 is 0 Å². The van der Waals surface area contributed by atoms with Gasteiger partial charge in [-0.15, -0.1) is 0 Å². The van der Waals surface area contributed by atoms with E-state index in [2.05, 4.69) is 15.1 Å². The third kappa shape index (κ3) is 1.67. The molecule has 84 valence electrons. The number of aromatic amines is 1. The first-order chi connectivity index (χ1) is 8.34. The van der Waals surface area contributed by atoms with Crippen molar-refractivity contribution in [3.05, 3.63) is 42.7 Å². The second-order valence-corrected chi connectivity index (χ2v) is 3.60. The topological polar surface area (TPSA) is 80.7 Å². The van der Waals surface area contributed by atoms with E-state index < -0.39 is 0 Å². The summed E-state index contributed by atoms with van der Waals surface area (Å²) in [6.45, 7) is 0. The molecule has 3 aromatic rings. The SMILES string of the molecule is Nc1cc(-c2ccccc2-c2ncc[nH]2)on1. The van der Waals surface area contributed by atoms with Gasteiger partial charge in [-0.2, -0.15) is 0 Å². The largest absolute Gasteiger partial charge is 0.381 e. The Balaban J connectivity index is 2.17. The number of nitrogens with one attached hydrogen (secondary N) is 1. The fourth-order valence-corrected chi connectivity index (χ4v) is 1.73. The van der Waals surface area contributed by atoms with E-state index in [0.717, 1.165) is 17.0 Å². The van der Waals surface area contributed by atoms with E-state index in [4.69, 9.17) is 10.3 Å². The number of nitrogen functional groups attached to an aromatic ring is 1. The molecule has 0 bridgehead atoms. The second-order valence-electron chi connectivity index (χ2n) is 3.60. The van der Waals surface area contributed by atoms with Crippen LogP contribution in [0.1, 0.15) is 0 Å². The molecule has 0 atom stereocenters. The predicted molar refractivity (Wildman–Crippen MR) is 63.9 cm³/mol. The molecule has 0 amide bonds. The lowest BCUT2D eigenvalue weighted by Gasteiger charge is -2.02. The minimum atomic E-state index is 0.370. The van der Waals surface area contributed by atoms with Crippen LogP contribution in [0.4, 0.5) is 5.82 Å². The molecule has 0 radical (unpaired) electrons. The van der Waals surface area contributed by atoms with Gasteiger partial charge in [0.05, 0.1) is 0 Å². The molecule has 17 heavy (non-hydrogen) atoms. The summed E-state index contributed by atoms with van der Waals surface area (Å²) in [5.74, 6) is 1.79. The van der Waals surface area contributed by atoms with Gasteiger partial charge in [0.25, 0.3) is 0 Å². The normalized spacial score (nSPS) is 10.6. The quantitative estimate of drug-likeness (QED) is 0.702. The van der Waals surface area contributed by atoms with Gasteiger partial charge in [-0.3, -0.25) is 0 Å². The molecule has 3 rings (SSSR count). The molecule has 2 aromatic heterocycles. The molecular formula is C12H10N4O. The third-order valence-corrected chi connectivity index (χ3v) is 2.47. The Hall–Kier alpha value is -2.56. The highest BCUT2D eigenvalue weighted by Gasteiger charge is 2.12. The van der Waals surface area contributed by atoms with Crippen molar-refractivity contribution in [2.24, 2.45) is 0 Å². The molecule has 0 unspecified atom stereocenters. The first-order valence-electron chi connectivity index (χ1n) is 5.16. The van der Waals surface area contributed by atoms with Crippen LogP contribution in [-0.4, -0.2) is 15.1 Å². The summed E-state index contributed by atoms with van der Waals surface area (Å²) >= 11 is 0. The number of aromatic nitrogens is 3. The summed E-state index contributed by atoms with van der Waals surface area (Å²) in [5.41, 5.74) is 7.42. The van der Waals surface area contributed by atoms with Gasteiger partial charge >= 0.3 is 0 Å². The van der Waals surface area contributed by atoms with E-state index in [0.29, 0.717) is 11.6 Å². The third-order valence-electron chi connectivity index (χ3n) is 2.47. The van der Waals surface area contributed by atoms with E-state index in [-0.39, 0.29) is 0 Å². The highest BCUT2D eigenvalue weighted by atomic mass is 16.5. The first-order valence-corrected chi connectivity index (χ1v) is 5.16. The number of nitrogens with two attached hydrogens (primary N) is 1. The van der Waals surface area contributed by atoms with Crippen LogP contribution in [0.25, 0.3) is 22.7 Å². The Bertz CT molecular complexity index is 628. The first kappa shape index (κ1) is 9.65. The van der Waals surface area contributed by atoms with Gasteiger partial charge in [0.1, 0.15) is 5.82 Å². The summed E-state index contributed by atoms with van der Waals surface area (Å²) in [7, 11) is 0. The van der Waals surface area contributed by atoms with Crippen molar-refractivity contribution in [1.82, 2.24) is 15.1 Å². The Kier molecular flexibility index (Phi) is 2.15. The minimum Gasteiger partial charge on any atom is -0.381 e. The fourth-order valence-electron chi connectivity index (χ4n) is 1.73. The molecule has 0 fully saturated rings. The van der Waals surface area contributed by atoms with Crippen molar-refractivity contribution in [2.45, 2.75) is 0 Å². The molecular weight excluding hydrogens is 216 g/mol. The van der Waals surface area contributed by atoms with Crippen molar-refractivity contribution in [1.29, 1.82) is 0 Å². The van der Waals surface area contributed by atoms with Crippen molar-refractivity contribution in [3.63, 3.8) is 0 Å². The van der Waals surface area contributed by atoms with Gasteiger partial charge in [-0.1, -0.05) is 29.4 Å². The van der Waals surface area contributed by atoms with E-state index in [1.54, 1.807) is 18.5 Å². The number of imidazole rings is 1. The summed E-state index contributed by atoms with van der Waals surface area (Å²) in [5, 5.41) is 3.69. The molecule has 5 heteroatoms. The molecule has 5 nitrogen and oxygen atoms in total. The van der Waals surface area contributed by atoms with E-state index >= 15 is 0 Å². The smallest absolute Gasteiger partial charge is 0.169 e. The van der Waals surface area contributed by atoms with Gasteiger partial charge in [0.2, 0.25) is 0 Å². The minimum absolute atomic E-state index is 0.370. The lowest BCUT2D eigenvalue weighted by Crippen LogP contribution is -1.85. The number of benzene rings is 1. The molecule has 0 saturated heterocycles. The highest BCUT2D eigenvalue weighted by molar-refractivity contribution is 5.78. The summed E-state index contributed by atoms with van der Waals surface area (Å²) in [6.07, 6.45) is 3.49. The number of hydrogen-bond acceptors (Lipinski definition) is 4. The molecule has 3 N–H and O–H groups in total. The summed E-state index contributed by atoms with van der Waals surface area (Å²) < 4.78 is 5.17. The highest BCUT2D eigenvalue weighted by Crippen LogP contribution is 2.30. The summed E-state index contributed by atoms with van der Waals surface area (Å²) in [4.78, 5) is 7.30. The van der Waals surface area contributed by atoms with Crippen LogP contribution < -0.4 is 5.73 Å². The molecule has 0 aliphatic rings. The van der Waals surface area contributed by atoms with E-state index in [1.807, 2.05) is 24.3 Å². The number of hydrogen-bond donors (Lipinski definition) is 2. The monoisotopic (exact) mass is 226 g/mol. The zero-order valence-corrected chi connectivity index (χ0v) is 8.92. The molecule has 0 aliphatic heterocycles. The average molecular weight is 226 g/mol. The van der Waals surface area contributed by atoms with E-state index in [1.165, 1.54) is 0 Å². The second kappa shape index (κ2) is 3.79. The molecule has 2 heterocycles.